The summed E-state index contributed by atoms with van der Waals surface area (Å²) in [7, 11) is 0. The first-order chi connectivity index (χ1) is 15.1. The lowest BCUT2D eigenvalue weighted by atomic mass is 10.0. The van der Waals surface area contributed by atoms with Crippen molar-refractivity contribution in [2.45, 2.75) is 57.0 Å². The number of carboxylic acid groups (broad SMARTS) is 1. The van der Waals surface area contributed by atoms with Gasteiger partial charge in [0.1, 0.15) is 24.2 Å². The Hall–Kier alpha value is -2.63. The fraction of sp³-hybridized carbons (Fsp3) is 0.524. The van der Waals surface area contributed by atoms with Crippen molar-refractivity contribution in [2.75, 3.05) is 12.0 Å². The topological polar surface area (TPSA) is 171 Å². The molecule has 0 aliphatic carbocycles. The van der Waals surface area contributed by atoms with Crippen LogP contribution in [0.15, 0.2) is 30.3 Å². The molecule has 178 valence electrons. The quantitative estimate of drug-likeness (QED) is 0.219. The van der Waals surface area contributed by atoms with Crippen LogP contribution in [0.25, 0.3) is 0 Å². The van der Waals surface area contributed by atoms with Crippen molar-refractivity contribution in [3.05, 3.63) is 35.9 Å². The summed E-state index contributed by atoms with van der Waals surface area (Å²) in [5, 5.41) is 26.1. The maximum absolute atomic E-state index is 13.0. The van der Waals surface area contributed by atoms with Crippen molar-refractivity contribution in [3.63, 3.8) is 0 Å². The molecule has 32 heavy (non-hydrogen) atoms. The highest BCUT2D eigenvalue weighted by atomic mass is 32.2. The van der Waals surface area contributed by atoms with E-state index in [1.54, 1.807) is 24.3 Å². The summed E-state index contributed by atoms with van der Waals surface area (Å²) in [6.07, 6.45) is 1.14. The third kappa shape index (κ3) is 9.25. The summed E-state index contributed by atoms with van der Waals surface area (Å²) in [5.74, 6) is -2.62. The van der Waals surface area contributed by atoms with E-state index >= 15 is 0 Å². The van der Waals surface area contributed by atoms with Crippen molar-refractivity contribution in [3.8, 4) is 0 Å². The first-order valence-electron chi connectivity index (χ1n) is 10.2. The third-order valence-electron chi connectivity index (χ3n) is 4.71. The fourth-order valence-electron chi connectivity index (χ4n) is 2.70. The third-order valence-corrected chi connectivity index (χ3v) is 5.35. The molecule has 5 atom stereocenters. The molecule has 0 aliphatic heterocycles. The van der Waals surface area contributed by atoms with E-state index < -0.39 is 54.0 Å². The predicted octanol–water partition coefficient (Wildman–Crippen LogP) is -0.751. The number of thioether (sulfide) groups is 1. The lowest BCUT2D eigenvalue weighted by molar-refractivity contribution is -0.141. The van der Waals surface area contributed by atoms with Gasteiger partial charge in [0.25, 0.3) is 0 Å². The number of carbonyl (C=O) groups excluding carboxylic acids is 3. The van der Waals surface area contributed by atoms with Gasteiger partial charge in [-0.2, -0.15) is 11.8 Å². The lowest BCUT2D eigenvalue weighted by Crippen LogP contribution is -2.58. The second-order valence-electron chi connectivity index (χ2n) is 7.43. The minimum Gasteiger partial charge on any atom is -0.480 e. The zero-order chi connectivity index (χ0) is 24.3. The van der Waals surface area contributed by atoms with Crippen LogP contribution in [0.3, 0.4) is 0 Å². The van der Waals surface area contributed by atoms with Crippen LogP contribution >= 0.6 is 11.8 Å². The Morgan fingerprint density at radius 3 is 2.06 bits per heavy atom. The minimum atomic E-state index is -1.21. The van der Waals surface area contributed by atoms with E-state index in [1.807, 2.05) is 12.3 Å². The Kier molecular flexibility index (Phi) is 11.7. The van der Waals surface area contributed by atoms with E-state index in [9.17, 15) is 24.3 Å². The molecule has 10 nitrogen and oxygen atoms in total. The van der Waals surface area contributed by atoms with Crippen molar-refractivity contribution >= 4 is 35.5 Å². The molecular formula is C21H32N4O6S. The van der Waals surface area contributed by atoms with Gasteiger partial charge in [0, 0.05) is 6.42 Å². The van der Waals surface area contributed by atoms with Crippen LogP contribution in [0, 0.1) is 0 Å². The number of hydrogen-bond acceptors (Lipinski definition) is 7. The molecule has 0 fully saturated rings. The minimum absolute atomic E-state index is 0.126. The van der Waals surface area contributed by atoms with Crippen molar-refractivity contribution in [1.29, 1.82) is 0 Å². The van der Waals surface area contributed by atoms with E-state index in [4.69, 9.17) is 10.8 Å². The highest BCUT2D eigenvalue weighted by molar-refractivity contribution is 7.98. The summed E-state index contributed by atoms with van der Waals surface area (Å²) in [6.45, 7) is 2.69. The lowest BCUT2D eigenvalue weighted by Gasteiger charge is -2.25. The summed E-state index contributed by atoms with van der Waals surface area (Å²) in [5.41, 5.74) is 6.41. The molecule has 5 unspecified atom stereocenters. The van der Waals surface area contributed by atoms with Crippen LogP contribution in [0.5, 0.6) is 0 Å². The summed E-state index contributed by atoms with van der Waals surface area (Å²) in [6, 6.07) is 4.53. The smallest absolute Gasteiger partial charge is 0.325 e. The summed E-state index contributed by atoms with van der Waals surface area (Å²) >= 11 is 1.47. The average molecular weight is 469 g/mol. The van der Waals surface area contributed by atoms with Gasteiger partial charge in [0.05, 0.1) is 6.10 Å². The van der Waals surface area contributed by atoms with Crippen molar-refractivity contribution in [2.24, 2.45) is 5.73 Å². The Balaban J connectivity index is 3.02. The second-order valence-corrected chi connectivity index (χ2v) is 8.41. The normalized spacial score (nSPS) is 15.5. The average Bonchev–Trinajstić information content (AvgIpc) is 2.75. The van der Waals surface area contributed by atoms with E-state index in [1.165, 1.54) is 25.6 Å². The molecule has 0 heterocycles. The van der Waals surface area contributed by atoms with Gasteiger partial charge in [-0.05, 0) is 37.8 Å². The van der Waals surface area contributed by atoms with Gasteiger partial charge in [-0.25, -0.2) is 0 Å². The fourth-order valence-corrected chi connectivity index (χ4v) is 3.17. The van der Waals surface area contributed by atoms with Gasteiger partial charge in [-0.15, -0.1) is 0 Å². The molecule has 0 radical (unpaired) electrons. The van der Waals surface area contributed by atoms with E-state index in [-0.39, 0.29) is 12.8 Å². The summed E-state index contributed by atoms with van der Waals surface area (Å²) < 4.78 is 0. The number of hydrogen-bond donors (Lipinski definition) is 6. The maximum Gasteiger partial charge on any atom is 0.325 e. The molecular weight excluding hydrogens is 436 g/mol. The van der Waals surface area contributed by atoms with Crippen LogP contribution in [0.1, 0.15) is 25.8 Å². The number of nitrogens with one attached hydrogen (secondary N) is 3. The predicted molar refractivity (Wildman–Crippen MR) is 122 cm³/mol. The molecule has 0 aliphatic rings. The molecule has 7 N–H and O–H groups in total. The Morgan fingerprint density at radius 2 is 1.53 bits per heavy atom. The standard InChI is InChI=1S/C21H32N4O6S/c1-12(21(30)31)23-19(28)16(11-14-7-5-4-6-8-14)25-18(27)15(9-10-32-3)24-20(29)17(22)13(2)26/h4-8,12-13,15-17,26H,9-11,22H2,1-3H3,(H,23,28)(H,24,29)(H,25,27)(H,30,31). The largest absolute Gasteiger partial charge is 0.480 e. The van der Waals surface area contributed by atoms with Gasteiger partial charge in [-0.3, -0.25) is 19.2 Å². The van der Waals surface area contributed by atoms with E-state index in [2.05, 4.69) is 16.0 Å². The Bertz CT molecular complexity index is 777. The van der Waals surface area contributed by atoms with Gasteiger partial charge in [0.2, 0.25) is 17.7 Å². The van der Waals surface area contributed by atoms with Crippen LogP contribution < -0.4 is 21.7 Å². The number of carbonyl (C=O) groups is 4. The number of aliphatic hydroxyl groups is 1. The van der Waals surface area contributed by atoms with Gasteiger partial charge < -0.3 is 31.9 Å². The van der Waals surface area contributed by atoms with Crippen LogP contribution in [-0.4, -0.2) is 76.2 Å². The zero-order valence-electron chi connectivity index (χ0n) is 18.4. The van der Waals surface area contributed by atoms with Crippen LogP contribution in [0.2, 0.25) is 0 Å². The molecule has 0 saturated heterocycles. The number of benzene rings is 1. The second kappa shape index (κ2) is 13.7. The van der Waals surface area contributed by atoms with Crippen molar-refractivity contribution in [1.82, 2.24) is 16.0 Å². The molecule has 1 aromatic rings. The zero-order valence-corrected chi connectivity index (χ0v) is 19.2. The molecule has 0 spiro atoms. The Morgan fingerprint density at radius 1 is 0.969 bits per heavy atom. The van der Waals surface area contributed by atoms with Crippen LogP contribution in [0.4, 0.5) is 0 Å². The first kappa shape index (κ1) is 27.4. The molecule has 0 bridgehead atoms. The molecule has 11 heteroatoms. The van der Waals surface area contributed by atoms with Gasteiger partial charge >= 0.3 is 5.97 Å². The van der Waals surface area contributed by atoms with Gasteiger partial charge in [0.15, 0.2) is 0 Å². The number of aliphatic carboxylic acids is 1. The number of rotatable bonds is 13. The number of carboxylic acids is 1. The van der Waals surface area contributed by atoms with E-state index in [0.29, 0.717) is 5.75 Å². The maximum atomic E-state index is 13.0. The number of nitrogens with two attached hydrogens (primary N) is 1. The first-order valence-corrected chi connectivity index (χ1v) is 11.6. The van der Waals surface area contributed by atoms with Gasteiger partial charge in [-0.1, -0.05) is 30.3 Å². The highest BCUT2D eigenvalue weighted by Crippen LogP contribution is 2.07. The summed E-state index contributed by atoms with van der Waals surface area (Å²) in [4.78, 5) is 49.1. The number of aliphatic hydroxyl groups excluding tert-OH is 1. The monoisotopic (exact) mass is 468 g/mol. The molecule has 1 aromatic carbocycles. The molecule has 0 saturated carbocycles. The number of amides is 3. The molecule has 3 amide bonds. The van der Waals surface area contributed by atoms with Crippen LogP contribution in [-0.2, 0) is 25.6 Å². The van der Waals surface area contributed by atoms with E-state index in [0.717, 1.165) is 5.56 Å². The molecule has 1 rings (SSSR count). The highest BCUT2D eigenvalue weighted by Gasteiger charge is 2.30. The molecule has 0 aromatic heterocycles. The Labute approximate surface area is 191 Å². The van der Waals surface area contributed by atoms with Crippen molar-refractivity contribution < 1.29 is 29.4 Å². The SMILES string of the molecule is CSCCC(NC(=O)C(N)C(C)O)C(=O)NC(Cc1ccccc1)C(=O)NC(C)C(=O)O.